The summed E-state index contributed by atoms with van der Waals surface area (Å²) in [7, 11) is -3.70. The highest BCUT2D eigenvalue weighted by Crippen LogP contribution is 2.26. The van der Waals surface area contributed by atoms with Crippen LogP contribution in [0.2, 0.25) is 0 Å². The fourth-order valence-corrected chi connectivity index (χ4v) is 5.30. The van der Waals surface area contributed by atoms with Crippen LogP contribution in [0.25, 0.3) is 5.69 Å². The predicted octanol–water partition coefficient (Wildman–Crippen LogP) is 2.65. The summed E-state index contributed by atoms with van der Waals surface area (Å²) in [6.07, 6.45) is 6.49. The first-order valence-corrected chi connectivity index (χ1v) is 11.3. The van der Waals surface area contributed by atoms with Gasteiger partial charge in [-0.2, -0.15) is 4.31 Å². The van der Waals surface area contributed by atoms with Gasteiger partial charge in [-0.05, 0) is 49.6 Å². The first-order valence-electron chi connectivity index (χ1n) is 9.89. The molecule has 30 heavy (non-hydrogen) atoms. The Labute approximate surface area is 176 Å². The van der Waals surface area contributed by atoms with E-state index in [0.29, 0.717) is 25.9 Å². The van der Waals surface area contributed by atoms with E-state index in [2.05, 4.69) is 10.3 Å². The molecular weight excluding hydrogens is 400 g/mol. The smallest absolute Gasteiger partial charge is 0.243 e. The van der Waals surface area contributed by atoms with E-state index >= 15 is 0 Å². The quantitative estimate of drug-likeness (QED) is 0.659. The lowest BCUT2D eigenvalue weighted by Crippen LogP contribution is -2.45. The number of aryl methyl sites for hydroxylation is 1. The summed E-state index contributed by atoms with van der Waals surface area (Å²) in [6.45, 7) is 2.61. The van der Waals surface area contributed by atoms with E-state index in [9.17, 15) is 13.2 Å². The van der Waals surface area contributed by atoms with Crippen LogP contribution in [0.4, 0.5) is 0 Å². The molecule has 0 radical (unpaired) electrons. The Hall–Kier alpha value is -2.97. The van der Waals surface area contributed by atoms with Gasteiger partial charge >= 0.3 is 0 Å². The lowest BCUT2D eigenvalue weighted by Gasteiger charge is -2.23. The number of sulfonamides is 1. The minimum absolute atomic E-state index is 0.225. The molecule has 0 bridgehead atoms. The third-order valence-electron chi connectivity index (χ3n) is 5.34. The lowest BCUT2D eigenvalue weighted by atomic mass is 10.2. The van der Waals surface area contributed by atoms with Crippen molar-refractivity contribution in [3.63, 3.8) is 0 Å². The number of aromatic nitrogens is 2. The molecule has 0 spiro atoms. The maximum absolute atomic E-state index is 13.0. The van der Waals surface area contributed by atoms with Gasteiger partial charge in [-0.1, -0.05) is 29.8 Å². The van der Waals surface area contributed by atoms with Gasteiger partial charge in [0.25, 0.3) is 0 Å². The van der Waals surface area contributed by atoms with E-state index in [1.807, 2.05) is 42.0 Å². The zero-order valence-electron chi connectivity index (χ0n) is 16.7. The number of amides is 1. The van der Waals surface area contributed by atoms with Gasteiger partial charge in [-0.3, -0.25) is 4.79 Å². The highest BCUT2D eigenvalue weighted by Gasteiger charge is 2.39. The molecule has 7 nitrogen and oxygen atoms in total. The molecule has 0 aliphatic carbocycles. The Morgan fingerprint density at radius 1 is 1.13 bits per heavy atom. The summed E-state index contributed by atoms with van der Waals surface area (Å²) in [5, 5.41) is 2.89. The Morgan fingerprint density at radius 3 is 2.53 bits per heavy atom. The van der Waals surface area contributed by atoms with Crippen LogP contribution < -0.4 is 5.32 Å². The number of carbonyl (C=O) groups is 1. The molecule has 1 fully saturated rings. The van der Waals surface area contributed by atoms with Crippen molar-refractivity contribution in [3.8, 4) is 5.69 Å². The van der Waals surface area contributed by atoms with Crippen molar-refractivity contribution in [2.24, 2.45) is 0 Å². The first kappa shape index (κ1) is 20.3. The van der Waals surface area contributed by atoms with Crippen LogP contribution in [0, 0.1) is 6.92 Å². The van der Waals surface area contributed by atoms with Crippen molar-refractivity contribution in [1.29, 1.82) is 0 Å². The van der Waals surface area contributed by atoms with Crippen LogP contribution in [0.5, 0.6) is 0 Å². The molecule has 4 rings (SSSR count). The number of hydrogen-bond donors (Lipinski definition) is 1. The average Bonchev–Trinajstić information content (AvgIpc) is 3.45. The highest BCUT2D eigenvalue weighted by atomic mass is 32.2. The topological polar surface area (TPSA) is 84.3 Å². The third-order valence-corrected chi connectivity index (χ3v) is 7.26. The van der Waals surface area contributed by atoms with Crippen LogP contribution in [0.1, 0.15) is 24.0 Å². The van der Waals surface area contributed by atoms with E-state index in [-0.39, 0.29) is 10.8 Å². The number of benzene rings is 2. The van der Waals surface area contributed by atoms with Crippen molar-refractivity contribution >= 4 is 15.9 Å². The van der Waals surface area contributed by atoms with E-state index in [4.69, 9.17) is 0 Å². The maximum Gasteiger partial charge on any atom is 0.243 e. The molecule has 2 heterocycles. The molecule has 1 aliphatic rings. The van der Waals surface area contributed by atoms with Crippen LogP contribution in [-0.4, -0.2) is 40.8 Å². The normalized spacial score (nSPS) is 17.2. The molecule has 156 valence electrons. The van der Waals surface area contributed by atoms with Gasteiger partial charge in [-0.15, -0.1) is 0 Å². The second-order valence-corrected chi connectivity index (χ2v) is 9.33. The largest absolute Gasteiger partial charge is 0.351 e. The zero-order valence-corrected chi connectivity index (χ0v) is 17.5. The fraction of sp³-hybridized carbons (Fsp3) is 0.273. The summed E-state index contributed by atoms with van der Waals surface area (Å²) in [4.78, 5) is 17.0. The summed E-state index contributed by atoms with van der Waals surface area (Å²) in [5.74, 6) is -0.262. The summed E-state index contributed by atoms with van der Waals surface area (Å²) in [6, 6.07) is 13.8. The number of carbonyl (C=O) groups excluding carboxylic acids is 1. The second-order valence-electron chi connectivity index (χ2n) is 7.44. The number of imidazole rings is 1. The van der Waals surface area contributed by atoms with Crippen molar-refractivity contribution in [1.82, 2.24) is 19.2 Å². The van der Waals surface area contributed by atoms with Gasteiger partial charge in [-0.25, -0.2) is 13.4 Å². The van der Waals surface area contributed by atoms with Crippen LogP contribution in [-0.2, 0) is 21.4 Å². The minimum Gasteiger partial charge on any atom is -0.351 e. The Bertz CT molecular complexity index is 1110. The van der Waals surface area contributed by atoms with Gasteiger partial charge in [0, 0.05) is 31.2 Å². The molecule has 1 aromatic heterocycles. The summed E-state index contributed by atoms with van der Waals surface area (Å²) in [5.41, 5.74) is 2.91. The highest BCUT2D eigenvalue weighted by molar-refractivity contribution is 7.89. The number of hydrogen-bond acceptors (Lipinski definition) is 4. The molecule has 0 saturated carbocycles. The van der Waals surface area contributed by atoms with Crippen LogP contribution in [0.15, 0.2) is 72.1 Å². The average molecular weight is 425 g/mol. The molecule has 8 heteroatoms. The Morgan fingerprint density at radius 2 is 1.87 bits per heavy atom. The van der Waals surface area contributed by atoms with E-state index in [0.717, 1.165) is 16.8 Å². The molecule has 1 aliphatic heterocycles. The predicted molar refractivity (Wildman–Crippen MR) is 114 cm³/mol. The van der Waals surface area contributed by atoms with Crippen molar-refractivity contribution in [3.05, 3.63) is 78.4 Å². The molecule has 1 N–H and O–H groups in total. The van der Waals surface area contributed by atoms with Gasteiger partial charge < -0.3 is 9.88 Å². The van der Waals surface area contributed by atoms with Gasteiger partial charge in [0.15, 0.2) is 0 Å². The number of nitrogens with zero attached hydrogens (tertiary/aromatic N) is 3. The molecule has 0 unspecified atom stereocenters. The molecular formula is C22H24N4O3S. The van der Waals surface area contributed by atoms with Gasteiger partial charge in [0.1, 0.15) is 6.04 Å². The SMILES string of the molecule is Cc1ccc(S(=O)(=O)N2CCC[C@H]2C(=O)NCc2ccc(-n3ccnc3)cc2)cc1. The Balaban J connectivity index is 1.42. The van der Waals surface area contributed by atoms with Crippen LogP contribution in [0.3, 0.4) is 0 Å². The van der Waals surface area contributed by atoms with Crippen molar-refractivity contribution in [2.75, 3.05) is 6.54 Å². The van der Waals surface area contributed by atoms with Crippen molar-refractivity contribution in [2.45, 2.75) is 37.2 Å². The van der Waals surface area contributed by atoms with E-state index in [1.54, 1.807) is 36.8 Å². The molecule has 1 amide bonds. The second kappa shape index (κ2) is 8.41. The van der Waals surface area contributed by atoms with Crippen LogP contribution >= 0.6 is 0 Å². The molecule has 1 atom stereocenters. The lowest BCUT2D eigenvalue weighted by molar-refractivity contribution is -0.124. The minimum atomic E-state index is -3.70. The number of rotatable bonds is 6. The van der Waals surface area contributed by atoms with Crippen molar-refractivity contribution < 1.29 is 13.2 Å². The molecule has 2 aromatic carbocycles. The van der Waals surface area contributed by atoms with Gasteiger partial charge in [0.05, 0.1) is 11.2 Å². The van der Waals surface area contributed by atoms with E-state index < -0.39 is 16.1 Å². The Kier molecular flexibility index (Phi) is 5.69. The monoisotopic (exact) mass is 424 g/mol. The van der Waals surface area contributed by atoms with E-state index in [1.165, 1.54) is 4.31 Å². The first-order chi connectivity index (χ1) is 14.4. The van der Waals surface area contributed by atoms with Gasteiger partial charge in [0.2, 0.25) is 15.9 Å². The zero-order chi connectivity index (χ0) is 21.1. The molecule has 1 saturated heterocycles. The summed E-state index contributed by atoms with van der Waals surface area (Å²) >= 11 is 0. The third kappa shape index (κ3) is 4.15. The summed E-state index contributed by atoms with van der Waals surface area (Å²) < 4.78 is 29.3. The standard InChI is InChI=1S/C22H24N4O3S/c1-17-4-10-20(11-5-17)30(28,29)26-13-2-3-21(26)22(27)24-15-18-6-8-19(9-7-18)25-14-12-23-16-25/h4-12,14,16,21H,2-3,13,15H2,1H3,(H,24,27)/t21-/m0/s1. The fourth-order valence-electron chi connectivity index (χ4n) is 3.64. The molecule has 3 aromatic rings. The number of nitrogens with one attached hydrogen (secondary N) is 1. The maximum atomic E-state index is 13.0.